The molecule has 1 saturated heterocycles. The third-order valence-electron chi connectivity index (χ3n) is 6.46. The molecule has 0 aliphatic carbocycles. The predicted molar refractivity (Wildman–Crippen MR) is 136 cm³/mol. The summed E-state index contributed by atoms with van der Waals surface area (Å²) >= 11 is 0. The Morgan fingerprint density at radius 3 is 2.78 bits per heavy atom. The van der Waals surface area contributed by atoms with Crippen molar-refractivity contribution in [3.63, 3.8) is 0 Å². The van der Waals surface area contributed by atoms with Gasteiger partial charge in [0.25, 0.3) is 5.91 Å². The van der Waals surface area contributed by atoms with Crippen molar-refractivity contribution in [2.75, 3.05) is 30.5 Å². The lowest BCUT2D eigenvalue weighted by molar-refractivity contribution is 0.102. The summed E-state index contributed by atoms with van der Waals surface area (Å²) < 4.78 is 36.4. The van der Waals surface area contributed by atoms with E-state index in [1.807, 2.05) is 4.90 Å². The number of hydrogen-bond acceptors (Lipinski definition) is 7. The molecule has 11 heteroatoms. The average molecular weight is 509 g/mol. The minimum atomic E-state index is -0.620. The summed E-state index contributed by atoms with van der Waals surface area (Å²) in [6, 6.07) is 9.71. The Hall–Kier alpha value is -4.09. The Kier molecular flexibility index (Phi) is 6.48. The molecule has 37 heavy (non-hydrogen) atoms. The first kappa shape index (κ1) is 24.6. The number of ether oxygens (including phenoxy) is 1. The van der Waals surface area contributed by atoms with Crippen molar-refractivity contribution in [3.8, 4) is 17.0 Å². The Morgan fingerprint density at radius 1 is 1.24 bits per heavy atom. The molecule has 2 aromatic heterocycles. The number of anilines is 2. The number of aromatic nitrogens is 3. The lowest BCUT2D eigenvalue weighted by Gasteiger charge is -2.28. The van der Waals surface area contributed by atoms with Gasteiger partial charge in [-0.2, -0.15) is 5.10 Å². The van der Waals surface area contributed by atoms with E-state index in [1.54, 1.807) is 31.4 Å². The molecular formula is C26H26F2N6O3. The van der Waals surface area contributed by atoms with Gasteiger partial charge in [-0.1, -0.05) is 12.1 Å². The van der Waals surface area contributed by atoms with Gasteiger partial charge >= 0.3 is 0 Å². The smallest absolute Gasteiger partial charge is 0.274 e. The van der Waals surface area contributed by atoms with E-state index in [0.717, 1.165) is 0 Å². The Bertz CT molecular complexity index is 1490. The van der Waals surface area contributed by atoms with Crippen molar-refractivity contribution in [1.29, 1.82) is 0 Å². The van der Waals surface area contributed by atoms with Crippen LogP contribution >= 0.6 is 0 Å². The van der Waals surface area contributed by atoms with E-state index >= 15 is 4.39 Å². The van der Waals surface area contributed by atoms with Crippen LogP contribution in [0.15, 0.2) is 48.7 Å². The fourth-order valence-electron chi connectivity index (χ4n) is 4.86. The maximum atomic E-state index is 15.1. The van der Waals surface area contributed by atoms with Gasteiger partial charge in [0.2, 0.25) is 0 Å². The van der Waals surface area contributed by atoms with Gasteiger partial charge in [0.05, 0.1) is 42.4 Å². The average Bonchev–Trinajstić information content (AvgIpc) is 3.46. The zero-order valence-electron chi connectivity index (χ0n) is 20.3. The van der Waals surface area contributed by atoms with Gasteiger partial charge < -0.3 is 25.8 Å². The van der Waals surface area contributed by atoms with Crippen molar-refractivity contribution in [2.24, 2.45) is 12.8 Å². The second-order valence-corrected chi connectivity index (χ2v) is 8.98. The van der Waals surface area contributed by atoms with Gasteiger partial charge in [0.15, 0.2) is 5.82 Å². The van der Waals surface area contributed by atoms with Crippen molar-refractivity contribution < 1.29 is 23.4 Å². The minimum absolute atomic E-state index is 0.00252. The molecule has 1 amide bonds. The number of benzene rings is 2. The number of halogens is 2. The number of fused-ring (bicyclic) bond motifs is 1. The number of nitrogens with one attached hydrogen (secondary N) is 1. The van der Waals surface area contributed by atoms with Crippen LogP contribution in [0, 0.1) is 11.6 Å². The first-order valence-corrected chi connectivity index (χ1v) is 11.7. The maximum absolute atomic E-state index is 15.1. The highest BCUT2D eigenvalue weighted by Gasteiger charge is 2.33. The maximum Gasteiger partial charge on any atom is 0.274 e. The molecule has 0 spiro atoms. The molecule has 2 atom stereocenters. The van der Waals surface area contributed by atoms with Crippen LogP contribution in [0.3, 0.4) is 0 Å². The number of aliphatic hydroxyl groups is 1. The van der Waals surface area contributed by atoms with E-state index in [2.05, 4.69) is 15.4 Å². The fraction of sp³-hybridized carbons (Fsp3) is 0.269. The summed E-state index contributed by atoms with van der Waals surface area (Å²) in [5, 5.41) is 17.4. The summed E-state index contributed by atoms with van der Waals surface area (Å²) in [6.07, 6.45) is 2.20. The van der Waals surface area contributed by atoms with E-state index in [0.29, 0.717) is 24.0 Å². The standard InChI is InChI=1S/C26H26F2N6O3/c1-33-12-16-24(32-33)18(28)10-21(25(16)34-11-14(29)9-15(34)13-35)31-26(36)20-7-4-6-19(30-20)23-17(27)5-3-8-22(23)37-2/h3-8,10,12,14-15,35H,9,11,13,29H2,1-2H3,(H,31,36)/t14-,15-/m0/s1. The molecule has 3 heterocycles. The third-order valence-corrected chi connectivity index (χ3v) is 6.46. The second kappa shape index (κ2) is 9.75. The van der Waals surface area contributed by atoms with Gasteiger partial charge in [0, 0.05) is 37.3 Å². The molecule has 1 fully saturated rings. The molecule has 2 aromatic carbocycles. The van der Waals surface area contributed by atoms with Gasteiger partial charge in [-0.3, -0.25) is 9.48 Å². The zero-order valence-corrected chi connectivity index (χ0v) is 20.3. The van der Waals surface area contributed by atoms with Crippen LogP contribution in [-0.2, 0) is 7.05 Å². The summed E-state index contributed by atoms with van der Waals surface area (Å²) in [4.78, 5) is 19.6. The van der Waals surface area contributed by atoms with E-state index in [9.17, 15) is 14.3 Å². The monoisotopic (exact) mass is 508 g/mol. The quantitative estimate of drug-likeness (QED) is 0.366. The normalized spacial score (nSPS) is 17.4. The number of nitrogens with zero attached hydrogens (tertiary/aromatic N) is 4. The number of aliphatic hydroxyl groups excluding tert-OH is 1. The van der Waals surface area contributed by atoms with Crippen molar-refractivity contribution in [3.05, 3.63) is 66.0 Å². The number of aryl methyl sites for hydroxylation is 1. The number of carbonyl (C=O) groups is 1. The molecule has 192 valence electrons. The highest BCUT2D eigenvalue weighted by atomic mass is 19.1. The molecule has 0 radical (unpaired) electrons. The largest absolute Gasteiger partial charge is 0.496 e. The van der Waals surface area contributed by atoms with Crippen molar-refractivity contribution in [2.45, 2.75) is 18.5 Å². The van der Waals surface area contributed by atoms with Gasteiger partial charge in [-0.25, -0.2) is 13.8 Å². The van der Waals surface area contributed by atoms with E-state index in [-0.39, 0.29) is 52.6 Å². The fourth-order valence-corrected chi connectivity index (χ4v) is 4.86. The number of nitrogens with two attached hydrogens (primary N) is 1. The number of carbonyl (C=O) groups excluding carboxylic acids is 1. The van der Waals surface area contributed by atoms with Gasteiger partial charge in [0.1, 0.15) is 22.8 Å². The number of amides is 1. The van der Waals surface area contributed by atoms with Crippen LogP contribution in [0.4, 0.5) is 20.2 Å². The summed E-state index contributed by atoms with van der Waals surface area (Å²) in [6.45, 7) is 0.249. The molecule has 0 unspecified atom stereocenters. The molecule has 1 aliphatic rings. The first-order chi connectivity index (χ1) is 17.8. The third kappa shape index (κ3) is 4.47. The first-order valence-electron chi connectivity index (χ1n) is 11.7. The molecule has 0 saturated carbocycles. The van der Waals surface area contributed by atoms with Crippen LogP contribution in [0.5, 0.6) is 5.75 Å². The highest BCUT2D eigenvalue weighted by molar-refractivity contribution is 6.09. The molecule has 4 N–H and O–H groups in total. The van der Waals surface area contributed by atoms with E-state index < -0.39 is 17.5 Å². The van der Waals surface area contributed by atoms with Gasteiger partial charge in [-0.15, -0.1) is 0 Å². The molecule has 9 nitrogen and oxygen atoms in total. The Morgan fingerprint density at radius 2 is 2.03 bits per heavy atom. The van der Waals surface area contributed by atoms with Crippen LogP contribution in [-0.4, -0.2) is 58.1 Å². The topological polar surface area (TPSA) is 119 Å². The van der Waals surface area contributed by atoms with Crippen molar-refractivity contribution in [1.82, 2.24) is 14.8 Å². The zero-order chi connectivity index (χ0) is 26.3. The Labute approximate surface area is 211 Å². The van der Waals surface area contributed by atoms with Crippen LogP contribution in [0.2, 0.25) is 0 Å². The Balaban J connectivity index is 1.57. The van der Waals surface area contributed by atoms with E-state index in [1.165, 1.54) is 36.1 Å². The second-order valence-electron chi connectivity index (χ2n) is 8.98. The molecule has 5 rings (SSSR count). The summed E-state index contributed by atoms with van der Waals surface area (Å²) in [5.74, 6) is -1.50. The highest BCUT2D eigenvalue weighted by Crippen LogP contribution is 2.40. The number of hydrogen-bond donors (Lipinski definition) is 3. The summed E-state index contributed by atoms with van der Waals surface area (Å²) in [7, 11) is 3.09. The number of methoxy groups -OCH3 is 1. The molecular weight excluding hydrogens is 482 g/mol. The SMILES string of the molecule is COc1cccc(F)c1-c1cccc(C(=O)Nc2cc(F)c3nn(C)cc3c2N2C[C@@H](N)C[C@H]2CO)n1. The van der Waals surface area contributed by atoms with E-state index in [4.69, 9.17) is 10.5 Å². The van der Waals surface area contributed by atoms with Crippen LogP contribution < -0.4 is 20.7 Å². The van der Waals surface area contributed by atoms with Crippen LogP contribution in [0.1, 0.15) is 16.9 Å². The number of pyridine rings is 1. The lowest BCUT2D eigenvalue weighted by atomic mass is 10.1. The number of rotatable bonds is 6. The minimum Gasteiger partial charge on any atom is -0.496 e. The molecule has 4 aromatic rings. The van der Waals surface area contributed by atoms with Gasteiger partial charge in [-0.05, 0) is 30.7 Å². The predicted octanol–water partition coefficient (Wildman–Crippen LogP) is 3.07. The molecule has 0 bridgehead atoms. The van der Waals surface area contributed by atoms with Crippen LogP contribution in [0.25, 0.3) is 22.2 Å². The molecule has 1 aliphatic heterocycles. The lowest BCUT2D eigenvalue weighted by Crippen LogP contribution is -2.34. The van der Waals surface area contributed by atoms with Crippen molar-refractivity contribution >= 4 is 28.2 Å². The summed E-state index contributed by atoms with van der Waals surface area (Å²) in [5.41, 5.74) is 7.34.